The van der Waals surface area contributed by atoms with Crippen LogP contribution in [0.1, 0.15) is 12.0 Å². The highest BCUT2D eigenvalue weighted by atomic mass is 16.5. The quantitative estimate of drug-likeness (QED) is 0.786. The maximum atomic E-state index is 12.0. The van der Waals surface area contributed by atoms with Crippen LogP contribution in [0, 0.1) is 5.92 Å². The van der Waals surface area contributed by atoms with Crippen molar-refractivity contribution in [3.05, 3.63) is 29.8 Å². The van der Waals surface area contributed by atoms with E-state index in [1.54, 1.807) is 19.2 Å². The second-order valence-corrected chi connectivity index (χ2v) is 5.08. The fourth-order valence-corrected chi connectivity index (χ4v) is 2.25. The Morgan fingerprint density at radius 1 is 1.43 bits per heavy atom. The van der Waals surface area contributed by atoms with Crippen LogP contribution in [0.3, 0.4) is 0 Å². The maximum absolute atomic E-state index is 12.0. The number of benzene rings is 1. The summed E-state index contributed by atoms with van der Waals surface area (Å²) < 4.78 is 10.3. The van der Waals surface area contributed by atoms with E-state index in [0.29, 0.717) is 26.1 Å². The Morgan fingerprint density at radius 2 is 2.14 bits per heavy atom. The molecule has 2 atom stereocenters. The zero-order valence-electron chi connectivity index (χ0n) is 12.0. The number of hydrogen-bond donors (Lipinski definition) is 2. The summed E-state index contributed by atoms with van der Waals surface area (Å²) in [6.45, 7) is 0.984. The lowest BCUT2D eigenvalue weighted by Gasteiger charge is -2.18. The summed E-state index contributed by atoms with van der Waals surface area (Å²) in [6, 6.07) is 6.59. The molecule has 6 nitrogen and oxygen atoms in total. The zero-order valence-corrected chi connectivity index (χ0v) is 12.0. The molecule has 2 rings (SSSR count). The van der Waals surface area contributed by atoms with Crippen LogP contribution >= 0.6 is 0 Å². The Bertz CT molecular complexity index is 495. The standard InChI is InChI=1S/C15H20N2O4/c1-20-12-4-2-10(3-5-12)8-13(14(16)18)17-15(19)11-6-7-21-9-11/h2-5,11,13H,6-9H2,1H3,(H2,16,18)(H,17,19)/t11-,13-/m1/s1. The SMILES string of the molecule is COc1ccc(C[C@@H](NC(=O)[C@@H]2CCOC2)C(N)=O)cc1. The highest BCUT2D eigenvalue weighted by molar-refractivity contribution is 5.87. The van der Waals surface area contributed by atoms with Crippen LogP contribution in [0.25, 0.3) is 0 Å². The first kappa shape index (κ1) is 15.3. The maximum Gasteiger partial charge on any atom is 0.240 e. The van der Waals surface area contributed by atoms with Gasteiger partial charge in [0, 0.05) is 13.0 Å². The molecule has 1 aliphatic rings. The molecule has 1 heterocycles. The largest absolute Gasteiger partial charge is 0.497 e. The minimum absolute atomic E-state index is 0.176. The van der Waals surface area contributed by atoms with Crippen LogP contribution in [0.15, 0.2) is 24.3 Å². The molecule has 21 heavy (non-hydrogen) atoms. The van der Waals surface area contributed by atoms with E-state index < -0.39 is 11.9 Å². The molecule has 0 bridgehead atoms. The fourth-order valence-electron chi connectivity index (χ4n) is 2.25. The van der Waals surface area contributed by atoms with Gasteiger partial charge in [-0.15, -0.1) is 0 Å². The summed E-state index contributed by atoms with van der Waals surface area (Å²) in [5.41, 5.74) is 6.28. The van der Waals surface area contributed by atoms with Gasteiger partial charge in [-0.2, -0.15) is 0 Å². The van der Waals surface area contributed by atoms with Crippen molar-refractivity contribution in [3.63, 3.8) is 0 Å². The van der Waals surface area contributed by atoms with E-state index in [2.05, 4.69) is 5.32 Å². The molecule has 0 aromatic heterocycles. The van der Waals surface area contributed by atoms with Crippen LogP contribution in [0.2, 0.25) is 0 Å². The molecular formula is C15H20N2O4. The summed E-state index contributed by atoms with van der Waals surface area (Å²) in [7, 11) is 1.59. The normalized spacial score (nSPS) is 19.0. The number of rotatable bonds is 6. The molecule has 1 saturated heterocycles. The highest BCUT2D eigenvalue weighted by Gasteiger charge is 2.27. The average molecular weight is 292 g/mol. The van der Waals surface area contributed by atoms with E-state index >= 15 is 0 Å². The van der Waals surface area contributed by atoms with Gasteiger partial charge in [-0.1, -0.05) is 12.1 Å². The predicted molar refractivity (Wildman–Crippen MR) is 76.7 cm³/mol. The molecule has 1 aromatic rings. The van der Waals surface area contributed by atoms with Gasteiger partial charge in [-0.25, -0.2) is 0 Å². The van der Waals surface area contributed by atoms with Crippen molar-refractivity contribution >= 4 is 11.8 Å². The number of methoxy groups -OCH3 is 1. The first-order valence-electron chi connectivity index (χ1n) is 6.90. The van der Waals surface area contributed by atoms with Crippen molar-refractivity contribution in [3.8, 4) is 5.75 Å². The van der Waals surface area contributed by atoms with Gasteiger partial charge in [0.25, 0.3) is 0 Å². The van der Waals surface area contributed by atoms with Crippen LogP contribution in [0.4, 0.5) is 0 Å². The lowest BCUT2D eigenvalue weighted by Crippen LogP contribution is -2.48. The number of ether oxygens (including phenoxy) is 2. The van der Waals surface area contributed by atoms with Crippen LogP contribution in [-0.2, 0) is 20.7 Å². The van der Waals surface area contributed by atoms with Crippen molar-refractivity contribution in [1.82, 2.24) is 5.32 Å². The number of nitrogens with one attached hydrogen (secondary N) is 1. The third-order valence-corrected chi connectivity index (χ3v) is 3.56. The Kier molecular flexibility index (Phi) is 5.16. The minimum Gasteiger partial charge on any atom is -0.497 e. The molecule has 1 aromatic carbocycles. The number of nitrogens with two attached hydrogens (primary N) is 1. The van der Waals surface area contributed by atoms with Crippen LogP contribution in [-0.4, -0.2) is 38.2 Å². The molecule has 6 heteroatoms. The second kappa shape index (κ2) is 7.08. The van der Waals surface area contributed by atoms with Gasteiger partial charge in [0.2, 0.25) is 11.8 Å². The molecule has 1 fully saturated rings. The highest BCUT2D eigenvalue weighted by Crippen LogP contribution is 2.15. The van der Waals surface area contributed by atoms with E-state index in [1.807, 2.05) is 12.1 Å². The Balaban J connectivity index is 1.97. The molecule has 0 spiro atoms. The molecule has 0 radical (unpaired) electrons. The molecule has 1 aliphatic heterocycles. The molecule has 0 saturated carbocycles. The summed E-state index contributed by atoms with van der Waals surface area (Å²) in [5.74, 6) is -0.174. The topological polar surface area (TPSA) is 90.7 Å². The van der Waals surface area contributed by atoms with Crippen molar-refractivity contribution < 1.29 is 19.1 Å². The Labute approximate surface area is 123 Å². The first-order chi connectivity index (χ1) is 10.1. The van der Waals surface area contributed by atoms with E-state index in [9.17, 15) is 9.59 Å². The average Bonchev–Trinajstić information content (AvgIpc) is 3.01. The molecule has 114 valence electrons. The predicted octanol–water partition coefficient (Wildman–Crippen LogP) is 0.244. The van der Waals surface area contributed by atoms with Crippen LogP contribution in [0.5, 0.6) is 5.75 Å². The van der Waals surface area contributed by atoms with Gasteiger partial charge >= 0.3 is 0 Å². The number of carbonyl (C=O) groups excluding carboxylic acids is 2. The minimum atomic E-state index is -0.716. The third-order valence-electron chi connectivity index (χ3n) is 3.56. The van der Waals surface area contributed by atoms with Crippen molar-refractivity contribution in [2.24, 2.45) is 11.7 Å². The van der Waals surface area contributed by atoms with Gasteiger partial charge in [-0.3, -0.25) is 9.59 Å². The van der Waals surface area contributed by atoms with Crippen molar-refractivity contribution in [1.29, 1.82) is 0 Å². The molecule has 0 aliphatic carbocycles. The van der Waals surface area contributed by atoms with E-state index in [4.69, 9.17) is 15.2 Å². The van der Waals surface area contributed by atoms with Gasteiger partial charge in [0.15, 0.2) is 0 Å². The van der Waals surface area contributed by atoms with Gasteiger partial charge in [0.05, 0.1) is 19.6 Å². The smallest absolute Gasteiger partial charge is 0.240 e. The summed E-state index contributed by atoms with van der Waals surface area (Å²) in [4.78, 5) is 23.6. The Hall–Kier alpha value is -2.08. The lowest BCUT2D eigenvalue weighted by molar-refractivity contribution is -0.129. The second-order valence-electron chi connectivity index (χ2n) is 5.08. The summed E-state index contributed by atoms with van der Waals surface area (Å²) in [5, 5.41) is 2.71. The molecule has 2 amide bonds. The van der Waals surface area contributed by atoms with E-state index in [0.717, 1.165) is 11.3 Å². The number of amides is 2. The number of hydrogen-bond acceptors (Lipinski definition) is 4. The number of primary amides is 1. The molecule has 3 N–H and O–H groups in total. The van der Waals surface area contributed by atoms with Gasteiger partial charge in [-0.05, 0) is 24.1 Å². The van der Waals surface area contributed by atoms with E-state index in [1.165, 1.54) is 0 Å². The number of carbonyl (C=O) groups is 2. The summed E-state index contributed by atoms with van der Waals surface area (Å²) >= 11 is 0. The van der Waals surface area contributed by atoms with Crippen molar-refractivity contribution in [2.75, 3.05) is 20.3 Å². The van der Waals surface area contributed by atoms with Gasteiger partial charge < -0.3 is 20.5 Å². The van der Waals surface area contributed by atoms with E-state index in [-0.39, 0.29) is 11.8 Å². The Morgan fingerprint density at radius 3 is 2.67 bits per heavy atom. The third kappa shape index (κ3) is 4.19. The first-order valence-corrected chi connectivity index (χ1v) is 6.90. The van der Waals surface area contributed by atoms with Crippen LogP contribution < -0.4 is 15.8 Å². The summed E-state index contributed by atoms with van der Waals surface area (Å²) in [6.07, 6.45) is 1.04. The molecular weight excluding hydrogens is 272 g/mol. The van der Waals surface area contributed by atoms with Crippen molar-refractivity contribution in [2.45, 2.75) is 18.9 Å². The molecule has 0 unspecified atom stereocenters. The fraction of sp³-hybridized carbons (Fsp3) is 0.467. The monoisotopic (exact) mass is 292 g/mol. The zero-order chi connectivity index (χ0) is 15.2. The van der Waals surface area contributed by atoms with Gasteiger partial charge in [0.1, 0.15) is 11.8 Å². The lowest BCUT2D eigenvalue weighted by atomic mass is 10.0.